The highest BCUT2D eigenvalue weighted by Crippen LogP contribution is 2.20. The number of hydrogen-bond donors (Lipinski definition) is 2. The van der Waals surface area contributed by atoms with E-state index in [1.54, 1.807) is 18.5 Å². The normalized spacial score (nSPS) is 14.2. The zero-order chi connectivity index (χ0) is 12.1. The van der Waals surface area contributed by atoms with Gasteiger partial charge in [-0.3, -0.25) is 9.78 Å². The molecular formula is C11H16BrN3O. The molecule has 1 aromatic rings. The van der Waals surface area contributed by atoms with Crippen molar-refractivity contribution in [2.75, 3.05) is 5.32 Å². The van der Waals surface area contributed by atoms with Crippen LogP contribution in [0.4, 0.5) is 5.69 Å². The molecule has 1 amide bonds. The Morgan fingerprint density at radius 3 is 2.94 bits per heavy atom. The highest BCUT2D eigenvalue weighted by molar-refractivity contribution is 9.10. The van der Waals surface area contributed by atoms with E-state index in [0.29, 0.717) is 5.69 Å². The number of nitrogens with one attached hydrogen (secondary N) is 1. The second kappa shape index (κ2) is 5.96. The van der Waals surface area contributed by atoms with Crippen LogP contribution in [0.2, 0.25) is 0 Å². The summed E-state index contributed by atoms with van der Waals surface area (Å²) in [7, 11) is 0. The Morgan fingerprint density at radius 1 is 1.69 bits per heavy atom. The van der Waals surface area contributed by atoms with Gasteiger partial charge in [0.1, 0.15) is 0 Å². The molecule has 0 aliphatic rings. The Kier molecular flexibility index (Phi) is 4.89. The number of aromatic nitrogens is 1. The summed E-state index contributed by atoms with van der Waals surface area (Å²) in [5.74, 6) is 0.00172. The van der Waals surface area contributed by atoms with Gasteiger partial charge in [0, 0.05) is 12.4 Å². The molecule has 4 nitrogen and oxygen atoms in total. The minimum Gasteiger partial charge on any atom is -0.324 e. The van der Waals surface area contributed by atoms with Crippen LogP contribution in [0.5, 0.6) is 0 Å². The van der Waals surface area contributed by atoms with Gasteiger partial charge in [-0.1, -0.05) is 20.3 Å². The van der Waals surface area contributed by atoms with Crippen molar-refractivity contribution < 1.29 is 4.79 Å². The van der Waals surface area contributed by atoms with Crippen molar-refractivity contribution in [3.8, 4) is 0 Å². The van der Waals surface area contributed by atoms with Crippen LogP contribution < -0.4 is 11.1 Å². The maximum Gasteiger partial charge on any atom is 0.241 e. The van der Waals surface area contributed by atoms with Crippen molar-refractivity contribution in [1.82, 2.24) is 4.98 Å². The van der Waals surface area contributed by atoms with E-state index in [9.17, 15) is 4.79 Å². The van der Waals surface area contributed by atoms with Gasteiger partial charge in [-0.2, -0.15) is 0 Å². The van der Waals surface area contributed by atoms with Crippen LogP contribution in [0.3, 0.4) is 0 Å². The molecular weight excluding hydrogens is 270 g/mol. The molecule has 88 valence electrons. The Balaban J connectivity index is 2.68. The summed E-state index contributed by atoms with van der Waals surface area (Å²) in [6, 6.07) is 1.25. The monoisotopic (exact) mass is 285 g/mol. The third-order valence-electron chi connectivity index (χ3n) is 2.59. The second-order valence-electron chi connectivity index (χ2n) is 3.76. The number of carbonyl (C=O) groups excluding carboxylic acids is 1. The predicted molar refractivity (Wildman–Crippen MR) is 68.0 cm³/mol. The van der Waals surface area contributed by atoms with E-state index in [0.717, 1.165) is 10.9 Å². The quantitative estimate of drug-likeness (QED) is 0.891. The first kappa shape index (κ1) is 13.1. The van der Waals surface area contributed by atoms with E-state index in [2.05, 4.69) is 26.2 Å². The molecule has 0 saturated heterocycles. The smallest absolute Gasteiger partial charge is 0.241 e. The summed E-state index contributed by atoms with van der Waals surface area (Å²) in [5.41, 5.74) is 6.52. The number of carbonyl (C=O) groups is 1. The van der Waals surface area contributed by atoms with Gasteiger partial charge < -0.3 is 11.1 Å². The van der Waals surface area contributed by atoms with Gasteiger partial charge in [0.05, 0.1) is 16.2 Å². The van der Waals surface area contributed by atoms with Crippen LogP contribution in [-0.4, -0.2) is 16.9 Å². The molecule has 0 spiro atoms. The Labute approximate surface area is 104 Å². The summed E-state index contributed by atoms with van der Waals surface area (Å²) in [6.45, 7) is 3.98. The SMILES string of the molecule is CC[C@H](C)[C@H](N)C(=O)Nc1ccncc1Br. The first-order valence-corrected chi connectivity index (χ1v) is 6.01. The van der Waals surface area contributed by atoms with Gasteiger partial charge in [-0.25, -0.2) is 0 Å². The van der Waals surface area contributed by atoms with E-state index in [4.69, 9.17) is 5.73 Å². The molecule has 0 unspecified atom stereocenters. The molecule has 0 radical (unpaired) electrons. The lowest BCUT2D eigenvalue weighted by Gasteiger charge is -2.18. The van der Waals surface area contributed by atoms with E-state index in [-0.39, 0.29) is 11.8 Å². The molecule has 0 aliphatic heterocycles. The number of rotatable bonds is 4. The number of nitrogens with zero attached hydrogens (tertiary/aromatic N) is 1. The molecule has 1 heterocycles. The first-order valence-electron chi connectivity index (χ1n) is 5.22. The minimum absolute atomic E-state index is 0.166. The van der Waals surface area contributed by atoms with Gasteiger partial charge in [-0.05, 0) is 27.9 Å². The van der Waals surface area contributed by atoms with Gasteiger partial charge in [0.2, 0.25) is 5.91 Å². The topological polar surface area (TPSA) is 68.0 Å². The summed E-state index contributed by atoms with van der Waals surface area (Å²) in [6.07, 6.45) is 4.13. The average Bonchev–Trinajstić information content (AvgIpc) is 2.30. The predicted octanol–water partition coefficient (Wildman–Crippen LogP) is 2.16. The van der Waals surface area contributed by atoms with Gasteiger partial charge >= 0.3 is 0 Å². The lowest BCUT2D eigenvalue weighted by Crippen LogP contribution is -2.40. The molecule has 3 N–H and O–H groups in total. The first-order chi connectivity index (χ1) is 7.56. The largest absolute Gasteiger partial charge is 0.324 e. The number of amides is 1. The molecule has 1 aromatic heterocycles. The van der Waals surface area contributed by atoms with Crippen LogP contribution >= 0.6 is 15.9 Å². The van der Waals surface area contributed by atoms with Crippen molar-refractivity contribution in [1.29, 1.82) is 0 Å². The Bertz CT molecular complexity index is 370. The third kappa shape index (κ3) is 3.28. The van der Waals surface area contributed by atoms with Gasteiger partial charge in [-0.15, -0.1) is 0 Å². The molecule has 1 rings (SSSR count). The van der Waals surface area contributed by atoms with Crippen LogP contribution in [0, 0.1) is 5.92 Å². The van der Waals surface area contributed by atoms with Gasteiger partial charge in [0.25, 0.3) is 0 Å². The fraction of sp³-hybridized carbons (Fsp3) is 0.455. The number of halogens is 1. The van der Waals surface area contributed by atoms with Crippen molar-refractivity contribution in [2.24, 2.45) is 11.7 Å². The molecule has 0 aromatic carbocycles. The second-order valence-corrected chi connectivity index (χ2v) is 4.61. The van der Waals surface area contributed by atoms with Crippen LogP contribution in [0.1, 0.15) is 20.3 Å². The molecule has 5 heteroatoms. The summed E-state index contributed by atoms with van der Waals surface area (Å²) < 4.78 is 0.750. The Morgan fingerprint density at radius 2 is 2.38 bits per heavy atom. The molecule has 0 aliphatic carbocycles. The Hall–Kier alpha value is -0.940. The van der Waals surface area contributed by atoms with Crippen molar-refractivity contribution in [3.05, 3.63) is 22.9 Å². The van der Waals surface area contributed by atoms with E-state index in [1.165, 1.54) is 0 Å². The van der Waals surface area contributed by atoms with Crippen LogP contribution in [0.15, 0.2) is 22.9 Å². The van der Waals surface area contributed by atoms with Crippen molar-refractivity contribution >= 4 is 27.5 Å². The standard InChI is InChI=1S/C11H16BrN3O/c1-3-7(2)10(13)11(16)15-9-4-5-14-6-8(9)12/h4-7,10H,3,13H2,1-2H3,(H,14,15,16)/t7-,10-/m0/s1. The molecule has 0 saturated carbocycles. The maximum atomic E-state index is 11.8. The number of hydrogen-bond acceptors (Lipinski definition) is 3. The van der Waals surface area contributed by atoms with E-state index < -0.39 is 6.04 Å². The van der Waals surface area contributed by atoms with Gasteiger partial charge in [0.15, 0.2) is 0 Å². The fourth-order valence-corrected chi connectivity index (χ4v) is 1.55. The third-order valence-corrected chi connectivity index (χ3v) is 3.22. The summed E-state index contributed by atoms with van der Waals surface area (Å²) in [4.78, 5) is 15.7. The molecule has 0 fully saturated rings. The van der Waals surface area contributed by atoms with E-state index >= 15 is 0 Å². The minimum atomic E-state index is -0.481. The lowest BCUT2D eigenvalue weighted by molar-refractivity contribution is -0.118. The van der Waals surface area contributed by atoms with E-state index in [1.807, 2.05) is 13.8 Å². The number of nitrogens with two attached hydrogens (primary N) is 1. The average molecular weight is 286 g/mol. The lowest BCUT2D eigenvalue weighted by atomic mass is 9.99. The fourth-order valence-electron chi connectivity index (χ4n) is 1.20. The summed E-state index contributed by atoms with van der Waals surface area (Å²) in [5, 5.41) is 2.77. The van der Waals surface area contributed by atoms with Crippen LogP contribution in [-0.2, 0) is 4.79 Å². The van der Waals surface area contributed by atoms with Crippen molar-refractivity contribution in [2.45, 2.75) is 26.3 Å². The maximum absolute atomic E-state index is 11.8. The molecule has 0 bridgehead atoms. The zero-order valence-electron chi connectivity index (χ0n) is 9.40. The highest BCUT2D eigenvalue weighted by Gasteiger charge is 2.19. The molecule has 2 atom stereocenters. The van der Waals surface area contributed by atoms with Crippen molar-refractivity contribution in [3.63, 3.8) is 0 Å². The zero-order valence-corrected chi connectivity index (χ0v) is 11.0. The number of pyridine rings is 1. The van der Waals surface area contributed by atoms with Crippen LogP contribution in [0.25, 0.3) is 0 Å². The molecule has 16 heavy (non-hydrogen) atoms. The summed E-state index contributed by atoms with van der Waals surface area (Å²) >= 11 is 3.31. The number of anilines is 1. The highest BCUT2D eigenvalue weighted by atomic mass is 79.9.